The van der Waals surface area contributed by atoms with Gasteiger partial charge in [-0.1, -0.05) is 18.2 Å². The summed E-state index contributed by atoms with van der Waals surface area (Å²) >= 11 is 0. The van der Waals surface area contributed by atoms with E-state index >= 15 is 0 Å². The van der Waals surface area contributed by atoms with Crippen LogP contribution in [0.15, 0.2) is 71.6 Å². The van der Waals surface area contributed by atoms with Crippen LogP contribution in [0.25, 0.3) is 0 Å². The van der Waals surface area contributed by atoms with Crippen molar-refractivity contribution in [3.8, 4) is 6.07 Å². The summed E-state index contributed by atoms with van der Waals surface area (Å²) in [6.07, 6.45) is 3.37. The summed E-state index contributed by atoms with van der Waals surface area (Å²) in [5, 5.41) is 12.3. The summed E-state index contributed by atoms with van der Waals surface area (Å²) < 4.78 is 41.9. The lowest BCUT2D eigenvalue weighted by molar-refractivity contribution is -0.0221. The van der Waals surface area contributed by atoms with Gasteiger partial charge in [-0.05, 0) is 55.8 Å². The van der Waals surface area contributed by atoms with E-state index in [9.17, 15) is 13.2 Å². The maximum atomic E-state index is 14.9. The van der Waals surface area contributed by atoms with Crippen LogP contribution >= 0.6 is 0 Å². The van der Waals surface area contributed by atoms with Crippen LogP contribution in [0.1, 0.15) is 42.1 Å². The number of H-pyrrole nitrogens is 1. The second kappa shape index (κ2) is 10.7. The van der Waals surface area contributed by atoms with Crippen molar-refractivity contribution >= 4 is 17.1 Å². The molecule has 0 amide bonds. The van der Waals surface area contributed by atoms with Gasteiger partial charge in [0.25, 0.3) is 5.92 Å². The molecule has 0 atom stereocenters. The van der Waals surface area contributed by atoms with Crippen molar-refractivity contribution in [2.24, 2.45) is 4.99 Å². The second-order valence-electron chi connectivity index (χ2n) is 8.82. The van der Waals surface area contributed by atoms with Crippen molar-refractivity contribution in [3.05, 3.63) is 94.8 Å². The molecule has 2 aromatic carbocycles. The molecule has 1 saturated heterocycles. The molecule has 186 valence electrons. The second-order valence-corrected chi connectivity index (χ2v) is 8.82. The van der Waals surface area contributed by atoms with Crippen LogP contribution in [0.2, 0.25) is 0 Å². The van der Waals surface area contributed by atoms with Crippen molar-refractivity contribution < 1.29 is 13.2 Å². The molecule has 5 nitrogen and oxygen atoms in total. The van der Waals surface area contributed by atoms with Crippen LogP contribution in [0.3, 0.4) is 0 Å². The van der Waals surface area contributed by atoms with Crippen molar-refractivity contribution in [1.82, 2.24) is 4.98 Å². The number of halogens is 3. The number of anilines is 2. The molecule has 36 heavy (non-hydrogen) atoms. The summed E-state index contributed by atoms with van der Waals surface area (Å²) in [6, 6.07) is 16.5. The lowest BCUT2D eigenvalue weighted by atomic mass is 10.00. The minimum atomic E-state index is -2.68. The molecular weight excluding hydrogens is 463 g/mol. The molecular formula is C28H28F3N5. The fourth-order valence-corrected chi connectivity index (χ4v) is 4.26. The van der Waals surface area contributed by atoms with Gasteiger partial charge >= 0.3 is 0 Å². The summed E-state index contributed by atoms with van der Waals surface area (Å²) in [6.45, 7) is 4.02. The lowest BCUT2D eigenvalue weighted by Gasteiger charge is -2.33. The number of alkyl halides is 2. The Morgan fingerprint density at radius 2 is 1.97 bits per heavy atom. The predicted molar refractivity (Wildman–Crippen MR) is 137 cm³/mol. The van der Waals surface area contributed by atoms with Gasteiger partial charge in [0.15, 0.2) is 0 Å². The van der Waals surface area contributed by atoms with E-state index in [1.807, 2.05) is 50.4 Å². The number of piperidine rings is 1. The van der Waals surface area contributed by atoms with E-state index in [0.29, 0.717) is 29.3 Å². The van der Waals surface area contributed by atoms with Crippen molar-refractivity contribution in [1.29, 1.82) is 5.26 Å². The van der Waals surface area contributed by atoms with Gasteiger partial charge in [0.05, 0.1) is 23.9 Å². The third kappa shape index (κ3) is 5.80. The molecule has 1 aromatic heterocycles. The van der Waals surface area contributed by atoms with Gasteiger partial charge < -0.3 is 15.2 Å². The highest BCUT2D eigenvalue weighted by Crippen LogP contribution is 2.32. The molecule has 8 heteroatoms. The Balaban J connectivity index is 1.61. The molecule has 1 fully saturated rings. The highest BCUT2D eigenvalue weighted by Gasteiger charge is 2.34. The van der Waals surface area contributed by atoms with Gasteiger partial charge in [-0.2, -0.15) is 5.26 Å². The van der Waals surface area contributed by atoms with Crippen LogP contribution in [0.5, 0.6) is 0 Å². The number of aromatic nitrogens is 1. The molecule has 0 saturated carbocycles. The van der Waals surface area contributed by atoms with Gasteiger partial charge in [0.1, 0.15) is 11.6 Å². The monoisotopic (exact) mass is 491 g/mol. The Kier molecular flexibility index (Phi) is 7.49. The Morgan fingerprint density at radius 1 is 1.19 bits per heavy atom. The average Bonchev–Trinajstić information content (AvgIpc) is 3.28. The van der Waals surface area contributed by atoms with E-state index in [1.54, 1.807) is 23.1 Å². The number of aliphatic imine (C=N–C) groups is 1. The van der Waals surface area contributed by atoms with E-state index in [2.05, 4.69) is 16.4 Å². The van der Waals surface area contributed by atoms with Gasteiger partial charge in [0.2, 0.25) is 0 Å². The van der Waals surface area contributed by atoms with E-state index < -0.39 is 11.7 Å². The molecule has 0 unspecified atom stereocenters. The largest absolute Gasteiger partial charge is 0.369 e. The zero-order chi connectivity index (χ0) is 25.7. The van der Waals surface area contributed by atoms with Crippen molar-refractivity contribution in [2.75, 3.05) is 23.3 Å². The molecule has 2 heterocycles. The molecule has 3 aromatic rings. The van der Waals surface area contributed by atoms with Crippen LogP contribution in [-0.4, -0.2) is 29.7 Å². The van der Waals surface area contributed by atoms with Crippen LogP contribution < -0.4 is 10.2 Å². The number of nitrogens with one attached hydrogen (secondary N) is 2. The predicted octanol–water partition coefficient (Wildman–Crippen LogP) is 6.57. The van der Waals surface area contributed by atoms with Crippen molar-refractivity contribution in [2.45, 2.75) is 39.0 Å². The average molecular weight is 492 g/mol. The standard InChI is InChI=1S/C28H28F3N5/c1-3-26(34-22-7-8-25(24(29)18-22)36-15-11-28(30,31)12-16-36)35-27(23-10-14-33-19(23)2)21-6-4-5-20(17-21)9-13-32/h3-8,10,14,17-18,33-34H,9,11-12,15-16H2,1-2H3/b26-3+,35-27-. The SMILES string of the molecule is C/C=C(/N=C(/c1cccc(CC#N)c1)c1cc[nH]c1C)Nc1ccc(N2CCC(F)(F)CC2)c(F)c1. The van der Waals surface area contributed by atoms with Gasteiger partial charge in [0, 0.05) is 54.6 Å². The normalized spacial score (nSPS) is 16.1. The van der Waals surface area contributed by atoms with Crippen LogP contribution in [0, 0.1) is 24.1 Å². The number of nitrogens with zero attached hydrogens (tertiary/aromatic N) is 3. The Labute approximate surface area is 209 Å². The molecule has 0 aliphatic carbocycles. The fraction of sp³-hybridized carbons (Fsp3) is 0.286. The fourth-order valence-electron chi connectivity index (χ4n) is 4.26. The highest BCUT2D eigenvalue weighted by molar-refractivity contribution is 6.14. The third-order valence-electron chi connectivity index (χ3n) is 6.25. The zero-order valence-corrected chi connectivity index (χ0v) is 20.3. The summed E-state index contributed by atoms with van der Waals surface area (Å²) in [7, 11) is 0. The first-order valence-corrected chi connectivity index (χ1v) is 11.8. The van der Waals surface area contributed by atoms with Crippen LogP contribution in [-0.2, 0) is 6.42 Å². The van der Waals surface area contributed by atoms with Gasteiger partial charge in [-0.15, -0.1) is 0 Å². The zero-order valence-electron chi connectivity index (χ0n) is 20.3. The molecule has 1 aliphatic heterocycles. The first kappa shape index (κ1) is 25.1. The quantitative estimate of drug-likeness (QED) is 0.367. The minimum absolute atomic E-state index is 0.116. The van der Waals surface area contributed by atoms with E-state index in [0.717, 1.165) is 22.4 Å². The number of aromatic amines is 1. The first-order valence-electron chi connectivity index (χ1n) is 11.8. The van der Waals surface area contributed by atoms with Gasteiger partial charge in [-0.25, -0.2) is 18.2 Å². The summed E-state index contributed by atoms with van der Waals surface area (Å²) in [4.78, 5) is 9.70. The van der Waals surface area contributed by atoms with Crippen molar-refractivity contribution in [3.63, 3.8) is 0 Å². The van der Waals surface area contributed by atoms with Gasteiger partial charge in [-0.3, -0.25) is 0 Å². The molecule has 0 radical (unpaired) electrons. The Bertz CT molecular complexity index is 1320. The maximum Gasteiger partial charge on any atom is 0.251 e. The topological polar surface area (TPSA) is 67.2 Å². The number of aryl methyl sites for hydroxylation is 1. The molecule has 4 rings (SSSR count). The number of nitriles is 1. The smallest absolute Gasteiger partial charge is 0.251 e. The van der Waals surface area contributed by atoms with E-state index in [1.165, 1.54) is 6.07 Å². The summed E-state index contributed by atoms with van der Waals surface area (Å²) in [5.41, 5.74) is 5.12. The molecule has 0 bridgehead atoms. The summed E-state index contributed by atoms with van der Waals surface area (Å²) in [5.74, 6) is -2.65. The molecule has 2 N–H and O–H groups in total. The third-order valence-corrected chi connectivity index (χ3v) is 6.25. The molecule has 0 spiro atoms. The number of hydrogen-bond acceptors (Lipinski definition) is 4. The first-order chi connectivity index (χ1) is 17.3. The van der Waals surface area contributed by atoms with E-state index in [-0.39, 0.29) is 25.9 Å². The number of benzene rings is 2. The number of hydrogen-bond donors (Lipinski definition) is 2. The minimum Gasteiger partial charge on any atom is -0.369 e. The highest BCUT2D eigenvalue weighted by atomic mass is 19.3. The Morgan fingerprint density at radius 3 is 2.61 bits per heavy atom. The number of rotatable bonds is 7. The molecule has 1 aliphatic rings. The lowest BCUT2D eigenvalue weighted by Crippen LogP contribution is -2.39. The number of allylic oxidation sites excluding steroid dienone is 1. The Hall–Kier alpha value is -3.99. The van der Waals surface area contributed by atoms with E-state index in [4.69, 9.17) is 10.3 Å². The maximum absolute atomic E-state index is 14.9. The van der Waals surface area contributed by atoms with Crippen LogP contribution in [0.4, 0.5) is 24.5 Å².